The fourth-order valence-electron chi connectivity index (χ4n) is 3.51. The van der Waals surface area contributed by atoms with Gasteiger partial charge in [-0.15, -0.1) is 0 Å². The van der Waals surface area contributed by atoms with Crippen LogP contribution in [-0.2, 0) is 19.5 Å². The molecule has 1 aliphatic rings. The average molecular weight is 290 g/mol. The average Bonchev–Trinajstić information content (AvgIpc) is 2.86. The van der Waals surface area contributed by atoms with Crippen LogP contribution in [0.1, 0.15) is 27.9 Å². The van der Waals surface area contributed by atoms with Crippen LogP contribution < -0.4 is 0 Å². The summed E-state index contributed by atoms with van der Waals surface area (Å²) < 4.78 is 0. The summed E-state index contributed by atoms with van der Waals surface area (Å²) in [5, 5.41) is 1.41. The van der Waals surface area contributed by atoms with Crippen molar-refractivity contribution >= 4 is 10.9 Å². The van der Waals surface area contributed by atoms with Crippen molar-refractivity contribution in [3.05, 3.63) is 70.4 Å². The lowest BCUT2D eigenvalue weighted by molar-refractivity contribution is 0.245. The summed E-state index contributed by atoms with van der Waals surface area (Å²) in [6.07, 6.45) is 1.12. The molecule has 2 heteroatoms. The van der Waals surface area contributed by atoms with E-state index in [-0.39, 0.29) is 0 Å². The highest BCUT2D eigenvalue weighted by molar-refractivity contribution is 5.86. The monoisotopic (exact) mass is 290 g/mol. The first kappa shape index (κ1) is 13.6. The summed E-state index contributed by atoms with van der Waals surface area (Å²) in [6.45, 7) is 7.62. The highest BCUT2D eigenvalue weighted by atomic mass is 15.1. The number of aromatic nitrogens is 1. The van der Waals surface area contributed by atoms with E-state index in [0.29, 0.717) is 0 Å². The first-order chi connectivity index (χ1) is 10.7. The Morgan fingerprint density at radius 1 is 1.05 bits per heavy atom. The predicted octanol–water partition coefficient (Wildman–Crippen LogP) is 4.34. The Labute approximate surface area is 131 Å². The van der Waals surface area contributed by atoms with Gasteiger partial charge in [0.2, 0.25) is 0 Å². The SMILES string of the molecule is Cc1cc2[nH]c3c(c2cc1C)CN(Cc1ccccc1)CC3. The zero-order valence-electron chi connectivity index (χ0n) is 13.3. The summed E-state index contributed by atoms with van der Waals surface area (Å²) in [7, 11) is 0. The van der Waals surface area contributed by atoms with Gasteiger partial charge >= 0.3 is 0 Å². The molecule has 2 nitrogen and oxygen atoms in total. The Balaban J connectivity index is 1.66. The van der Waals surface area contributed by atoms with Crippen LogP contribution >= 0.6 is 0 Å². The van der Waals surface area contributed by atoms with Crippen LogP contribution in [0.4, 0.5) is 0 Å². The summed E-state index contributed by atoms with van der Waals surface area (Å²) in [5.74, 6) is 0. The number of aromatic amines is 1. The maximum Gasteiger partial charge on any atom is 0.0462 e. The minimum atomic E-state index is 1.04. The number of benzene rings is 2. The van der Waals surface area contributed by atoms with Crippen LogP contribution in [0.5, 0.6) is 0 Å². The molecule has 112 valence electrons. The number of aryl methyl sites for hydroxylation is 2. The number of nitrogens with zero attached hydrogens (tertiary/aromatic N) is 1. The van der Waals surface area contributed by atoms with Crippen LogP contribution in [-0.4, -0.2) is 16.4 Å². The van der Waals surface area contributed by atoms with Crippen molar-refractivity contribution in [2.75, 3.05) is 6.54 Å². The normalized spacial score (nSPS) is 15.2. The van der Waals surface area contributed by atoms with E-state index in [4.69, 9.17) is 0 Å². The second-order valence-corrected chi connectivity index (χ2v) is 6.51. The number of rotatable bonds is 2. The molecule has 0 atom stereocenters. The zero-order valence-corrected chi connectivity index (χ0v) is 13.3. The van der Waals surface area contributed by atoms with Gasteiger partial charge in [0.25, 0.3) is 0 Å². The minimum absolute atomic E-state index is 1.04. The van der Waals surface area contributed by atoms with E-state index < -0.39 is 0 Å². The third-order valence-electron chi connectivity index (χ3n) is 4.92. The Bertz CT molecular complexity index is 815. The summed E-state index contributed by atoms with van der Waals surface area (Å²) in [5.41, 5.74) is 8.39. The third kappa shape index (κ3) is 2.34. The number of nitrogens with one attached hydrogen (secondary N) is 1. The zero-order chi connectivity index (χ0) is 15.1. The van der Waals surface area contributed by atoms with E-state index in [9.17, 15) is 0 Å². The molecule has 0 saturated heterocycles. The van der Waals surface area contributed by atoms with Crippen LogP contribution in [0.15, 0.2) is 42.5 Å². The van der Waals surface area contributed by atoms with Gasteiger partial charge in [0.05, 0.1) is 0 Å². The molecule has 1 aliphatic heterocycles. The van der Waals surface area contributed by atoms with Crippen molar-refractivity contribution in [2.45, 2.75) is 33.4 Å². The molecule has 22 heavy (non-hydrogen) atoms. The van der Waals surface area contributed by atoms with Gasteiger partial charge in [-0.25, -0.2) is 0 Å². The topological polar surface area (TPSA) is 19.0 Å². The van der Waals surface area contributed by atoms with Crippen LogP contribution in [0.3, 0.4) is 0 Å². The van der Waals surface area contributed by atoms with E-state index >= 15 is 0 Å². The van der Waals surface area contributed by atoms with Gasteiger partial charge in [-0.1, -0.05) is 30.3 Å². The van der Waals surface area contributed by atoms with Gasteiger partial charge in [0, 0.05) is 42.7 Å². The predicted molar refractivity (Wildman–Crippen MR) is 92.0 cm³/mol. The molecular weight excluding hydrogens is 268 g/mol. The van der Waals surface area contributed by atoms with Crippen molar-refractivity contribution < 1.29 is 0 Å². The standard InChI is InChI=1S/C20H22N2/c1-14-10-17-18-13-22(12-16-6-4-3-5-7-16)9-8-19(18)21-20(17)11-15(14)2/h3-7,10-11,21H,8-9,12-13H2,1-2H3. The summed E-state index contributed by atoms with van der Waals surface area (Å²) in [4.78, 5) is 6.20. The van der Waals surface area contributed by atoms with E-state index in [0.717, 1.165) is 26.1 Å². The molecule has 4 rings (SSSR count). The van der Waals surface area contributed by atoms with Gasteiger partial charge in [-0.2, -0.15) is 0 Å². The van der Waals surface area contributed by atoms with Crippen molar-refractivity contribution in [3.8, 4) is 0 Å². The lowest BCUT2D eigenvalue weighted by atomic mass is 10.0. The Morgan fingerprint density at radius 3 is 2.64 bits per heavy atom. The Hall–Kier alpha value is -2.06. The lowest BCUT2D eigenvalue weighted by Crippen LogP contribution is -2.29. The molecule has 0 unspecified atom stereocenters. The fourth-order valence-corrected chi connectivity index (χ4v) is 3.51. The Morgan fingerprint density at radius 2 is 1.82 bits per heavy atom. The van der Waals surface area contributed by atoms with Crippen molar-refractivity contribution in [1.82, 2.24) is 9.88 Å². The lowest BCUT2D eigenvalue weighted by Gasteiger charge is -2.27. The molecule has 0 amide bonds. The molecule has 0 saturated carbocycles. The van der Waals surface area contributed by atoms with Crippen LogP contribution in [0.25, 0.3) is 10.9 Å². The maximum atomic E-state index is 3.64. The number of hydrogen-bond donors (Lipinski definition) is 1. The summed E-state index contributed by atoms with van der Waals surface area (Å²) >= 11 is 0. The quantitative estimate of drug-likeness (QED) is 0.743. The maximum absolute atomic E-state index is 3.64. The number of H-pyrrole nitrogens is 1. The van der Waals surface area contributed by atoms with Crippen molar-refractivity contribution in [1.29, 1.82) is 0 Å². The molecule has 2 heterocycles. The van der Waals surface area contributed by atoms with E-state index in [1.165, 1.54) is 38.9 Å². The molecule has 0 fully saturated rings. The van der Waals surface area contributed by atoms with E-state index in [1.807, 2.05) is 0 Å². The van der Waals surface area contributed by atoms with E-state index in [2.05, 4.69) is 66.2 Å². The molecule has 0 spiro atoms. The van der Waals surface area contributed by atoms with Crippen molar-refractivity contribution in [3.63, 3.8) is 0 Å². The van der Waals surface area contributed by atoms with Gasteiger partial charge in [-0.05, 0) is 48.2 Å². The van der Waals surface area contributed by atoms with Gasteiger partial charge in [0.15, 0.2) is 0 Å². The van der Waals surface area contributed by atoms with Gasteiger partial charge < -0.3 is 4.98 Å². The molecule has 1 N–H and O–H groups in total. The Kier molecular flexibility index (Phi) is 3.27. The molecule has 3 aromatic rings. The highest BCUT2D eigenvalue weighted by Gasteiger charge is 2.21. The van der Waals surface area contributed by atoms with Crippen LogP contribution in [0.2, 0.25) is 0 Å². The molecule has 0 radical (unpaired) electrons. The third-order valence-corrected chi connectivity index (χ3v) is 4.92. The van der Waals surface area contributed by atoms with Gasteiger partial charge in [0.1, 0.15) is 0 Å². The first-order valence-corrected chi connectivity index (χ1v) is 8.07. The second-order valence-electron chi connectivity index (χ2n) is 6.51. The largest absolute Gasteiger partial charge is 0.358 e. The highest BCUT2D eigenvalue weighted by Crippen LogP contribution is 2.30. The first-order valence-electron chi connectivity index (χ1n) is 8.07. The molecule has 1 aromatic heterocycles. The molecule has 2 aromatic carbocycles. The minimum Gasteiger partial charge on any atom is -0.358 e. The second kappa shape index (κ2) is 5.29. The summed E-state index contributed by atoms with van der Waals surface area (Å²) in [6, 6.07) is 15.4. The smallest absolute Gasteiger partial charge is 0.0462 e. The van der Waals surface area contributed by atoms with E-state index in [1.54, 1.807) is 0 Å². The molecule has 0 aliphatic carbocycles. The molecular formula is C20H22N2. The number of fused-ring (bicyclic) bond motifs is 3. The van der Waals surface area contributed by atoms with Crippen molar-refractivity contribution in [2.24, 2.45) is 0 Å². The fraction of sp³-hybridized carbons (Fsp3) is 0.300. The van der Waals surface area contributed by atoms with Crippen LogP contribution in [0, 0.1) is 13.8 Å². The number of hydrogen-bond acceptors (Lipinski definition) is 1. The van der Waals surface area contributed by atoms with Gasteiger partial charge in [-0.3, -0.25) is 4.90 Å². The molecule has 0 bridgehead atoms.